The van der Waals surface area contributed by atoms with E-state index in [9.17, 15) is 9.18 Å². The molecule has 0 bridgehead atoms. The van der Waals surface area contributed by atoms with Crippen molar-refractivity contribution >= 4 is 44.3 Å². The second-order valence-electron chi connectivity index (χ2n) is 6.49. The van der Waals surface area contributed by atoms with Gasteiger partial charge in [0.1, 0.15) is 10.6 Å². The smallest absolute Gasteiger partial charge is 0.260 e. The maximum atomic E-state index is 13.3. The van der Waals surface area contributed by atoms with Gasteiger partial charge in [-0.3, -0.25) is 4.79 Å². The summed E-state index contributed by atoms with van der Waals surface area (Å²) in [5.41, 5.74) is 1.61. The van der Waals surface area contributed by atoms with Crippen LogP contribution >= 0.6 is 22.9 Å². The molecule has 25 heavy (non-hydrogen) atoms. The molecule has 0 saturated carbocycles. The third-order valence-corrected chi connectivity index (χ3v) is 5.97. The van der Waals surface area contributed by atoms with Crippen molar-refractivity contribution in [3.05, 3.63) is 62.3 Å². The molecule has 6 heteroatoms. The molecule has 0 spiro atoms. The third kappa shape index (κ3) is 3.14. The van der Waals surface area contributed by atoms with Crippen LogP contribution in [0.1, 0.15) is 35.2 Å². The number of nitrogens with zero attached hydrogens (tertiary/aromatic N) is 1. The second kappa shape index (κ2) is 6.39. The van der Waals surface area contributed by atoms with Gasteiger partial charge in [-0.25, -0.2) is 9.37 Å². The van der Waals surface area contributed by atoms with Gasteiger partial charge in [-0.1, -0.05) is 30.7 Å². The lowest BCUT2D eigenvalue weighted by molar-refractivity contribution is 0.509. The zero-order chi connectivity index (χ0) is 17.6. The zero-order valence-electron chi connectivity index (χ0n) is 13.6. The predicted octanol–water partition coefficient (Wildman–Crippen LogP) is 4.99. The number of aromatic nitrogens is 2. The highest BCUT2D eigenvalue weighted by Crippen LogP contribution is 2.36. The fourth-order valence-corrected chi connectivity index (χ4v) is 4.87. The molecule has 0 amide bonds. The lowest BCUT2D eigenvalue weighted by atomic mass is 9.89. The summed E-state index contributed by atoms with van der Waals surface area (Å²) in [5.74, 6) is 0.612. The van der Waals surface area contributed by atoms with Gasteiger partial charge in [0.15, 0.2) is 5.82 Å². The van der Waals surface area contributed by atoms with E-state index in [0.717, 1.165) is 29.7 Å². The summed E-state index contributed by atoms with van der Waals surface area (Å²) in [7, 11) is 0. The first-order chi connectivity index (χ1) is 12.0. The van der Waals surface area contributed by atoms with Crippen LogP contribution in [0.2, 0.25) is 0 Å². The van der Waals surface area contributed by atoms with Crippen molar-refractivity contribution in [1.29, 1.82) is 0 Å². The first kappa shape index (κ1) is 16.5. The molecular formula is C19H16ClFN2OS. The van der Waals surface area contributed by atoms with Gasteiger partial charge in [-0.2, -0.15) is 0 Å². The number of H-pyrrole nitrogens is 1. The van der Waals surface area contributed by atoms with Crippen molar-refractivity contribution in [3.8, 4) is 0 Å². The molecule has 0 radical (unpaired) electrons. The number of rotatable bonds is 2. The van der Waals surface area contributed by atoms with E-state index in [0.29, 0.717) is 22.7 Å². The molecule has 2 heterocycles. The monoisotopic (exact) mass is 374 g/mol. The van der Waals surface area contributed by atoms with Crippen molar-refractivity contribution in [3.63, 3.8) is 0 Å². The highest BCUT2D eigenvalue weighted by molar-refractivity contribution is 7.18. The van der Waals surface area contributed by atoms with E-state index in [1.54, 1.807) is 29.5 Å². The molecule has 0 aliphatic heterocycles. The fraction of sp³-hybridized carbons (Fsp3) is 0.263. The SMILES string of the molecule is C[C@H]1CCc2c(sc3nc(/C(Cl)=C/c4cccc(F)c4)[nH]c(=O)c23)C1. The first-order valence-corrected chi connectivity index (χ1v) is 9.38. The molecule has 2 aromatic heterocycles. The Morgan fingerprint density at radius 1 is 1.48 bits per heavy atom. The van der Waals surface area contributed by atoms with E-state index in [1.165, 1.54) is 17.0 Å². The number of fused-ring (bicyclic) bond motifs is 3. The number of aromatic amines is 1. The van der Waals surface area contributed by atoms with Gasteiger partial charge in [-0.15, -0.1) is 11.3 Å². The van der Waals surface area contributed by atoms with Crippen molar-refractivity contribution in [2.24, 2.45) is 5.92 Å². The summed E-state index contributed by atoms with van der Waals surface area (Å²) < 4.78 is 13.3. The number of nitrogens with one attached hydrogen (secondary N) is 1. The molecule has 1 N–H and O–H groups in total. The average molecular weight is 375 g/mol. The quantitative estimate of drug-likeness (QED) is 0.687. The largest absolute Gasteiger partial charge is 0.305 e. The Labute approximate surface area is 153 Å². The van der Waals surface area contributed by atoms with Crippen LogP contribution in [0, 0.1) is 11.7 Å². The van der Waals surface area contributed by atoms with E-state index in [1.807, 2.05) is 0 Å². The van der Waals surface area contributed by atoms with Crippen LogP contribution in [0.25, 0.3) is 21.3 Å². The number of hydrogen-bond acceptors (Lipinski definition) is 3. The molecule has 4 rings (SSSR count). The molecule has 3 aromatic rings. The lowest BCUT2D eigenvalue weighted by Crippen LogP contribution is -2.14. The molecule has 1 aromatic carbocycles. The molecular weight excluding hydrogens is 359 g/mol. The zero-order valence-corrected chi connectivity index (χ0v) is 15.2. The van der Waals surface area contributed by atoms with Crippen molar-refractivity contribution in [2.45, 2.75) is 26.2 Å². The van der Waals surface area contributed by atoms with Gasteiger partial charge in [-0.05, 0) is 54.5 Å². The van der Waals surface area contributed by atoms with Crippen molar-refractivity contribution in [2.75, 3.05) is 0 Å². The summed E-state index contributed by atoms with van der Waals surface area (Å²) in [6.07, 6.45) is 4.62. The summed E-state index contributed by atoms with van der Waals surface area (Å²) in [6.45, 7) is 2.23. The molecule has 0 fully saturated rings. The van der Waals surface area contributed by atoms with Crippen LogP contribution in [-0.2, 0) is 12.8 Å². The third-order valence-electron chi connectivity index (χ3n) is 4.53. The molecule has 3 nitrogen and oxygen atoms in total. The summed E-state index contributed by atoms with van der Waals surface area (Å²) in [6, 6.07) is 6.10. The fourth-order valence-electron chi connectivity index (χ4n) is 3.27. The van der Waals surface area contributed by atoms with Gasteiger partial charge < -0.3 is 4.98 Å². The Kier molecular flexibility index (Phi) is 4.21. The highest BCUT2D eigenvalue weighted by Gasteiger charge is 2.23. The van der Waals surface area contributed by atoms with Gasteiger partial charge >= 0.3 is 0 Å². The van der Waals surface area contributed by atoms with E-state index >= 15 is 0 Å². The van der Waals surface area contributed by atoms with Crippen LogP contribution in [0.15, 0.2) is 29.1 Å². The first-order valence-electron chi connectivity index (χ1n) is 8.19. The maximum Gasteiger partial charge on any atom is 0.260 e. The Morgan fingerprint density at radius 2 is 2.32 bits per heavy atom. The summed E-state index contributed by atoms with van der Waals surface area (Å²) in [5, 5.41) is 0.982. The minimum absolute atomic E-state index is 0.155. The minimum atomic E-state index is -0.338. The van der Waals surface area contributed by atoms with E-state index in [-0.39, 0.29) is 16.4 Å². The van der Waals surface area contributed by atoms with Crippen molar-refractivity contribution < 1.29 is 4.39 Å². The Balaban J connectivity index is 1.80. The van der Waals surface area contributed by atoms with Gasteiger partial charge in [0, 0.05) is 4.88 Å². The standard InChI is InChI=1S/C19H16ClFN2OS/c1-10-5-6-13-15(7-10)25-19-16(13)18(24)22-17(23-19)14(20)9-11-3-2-4-12(21)8-11/h2-4,8-10H,5-7H2,1H3,(H,22,23,24)/b14-9-/t10-/m0/s1. The van der Waals surface area contributed by atoms with Crippen LogP contribution in [0.5, 0.6) is 0 Å². The molecule has 0 unspecified atom stereocenters. The van der Waals surface area contributed by atoms with Crippen molar-refractivity contribution in [1.82, 2.24) is 9.97 Å². The number of aryl methyl sites for hydroxylation is 1. The van der Waals surface area contributed by atoms with Crippen LogP contribution < -0.4 is 5.56 Å². The van der Waals surface area contributed by atoms with E-state index in [4.69, 9.17) is 11.6 Å². The second-order valence-corrected chi connectivity index (χ2v) is 7.98. The van der Waals surface area contributed by atoms with Crippen LogP contribution in [0.3, 0.4) is 0 Å². The van der Waals surface area contributed by atoms with Crippen LogP contribution in [0.4, 0.5) is 4.39 Å². The van der Waals surface area contributed by atoms with Gasteiger partial charge in [0.05, 0.1) is 10.4 Å². The summed E-state index contributed by atoms with van der Waals surface area (Å²) >= 11 is 7.91. The molecule has 1 aliphatic carbocycles. The Hall–Kier alpha value is -1.98. The maximum absolute atomic E-state index is 13.3. The predicted molar refractivity (Wildman–Crippen MR) is 102 cm³/mol. The number of thiophene rings is 1. The molecule has 128 valence electrons. The lowest BCUT2D eigenvalue weighted by Gasteiger charge is -2.17. The Morgan fingerprint density at radius 3 is 3.12 bits per heavy atom. The average Bonchev–Trinajstić information content (AvgIpc) is 2.92. The number of hydrogen-bond donors (Lipinski definition) is 1. The molecule has 1 aliphatic rings. The number of benzene rings is 1. The van der Waals surface area contributed by atoms with Gasteiger partial charge in [0.2, 0.25) is 0 Å². The molecule has 1 atom stereocenters. The topological polar surface area (TPSA) is 45.8 Å². The Bertz CT molecular complexity index is 1050. The highest BCUT2D eigenvalue weighted by atomic mass is 35.5. The van der Waals surface area contributed by atoms with Gasteiger partial charge in [0.25, 0.3) is 5.56 Å². The van der Waals surface area contributed by atoms with Crippen LogP contribution in [-0.4, -0.2) is 9.97 Å². The number of halogens is 2. The van der Waals surface area contributed by atoms with E-state index < -0.39 is 0 Å². The summed E-state index contributed by atoms with van der Waals surface area (Å²) in [4.78, 5) is 21.9. The normalized spacial score (nSPS) is 17.7. The minimum Gasteiger partial charge on any atom is -0.305 e. The molecule has 0 saturated heterocycles. The van der Waals surface area contributed by atoms with E-state index in [2.05, 4.69) is 16.9 Å².